The molecular weight excluding hydrogens is 347 g/mol. The number of hydrogen-bond acceptors (Lipinski definition) is 3. The lowest BCUT2D eigenvalue weighted by atomic mass is 10.3. The third-order valence-electron chi connectivity index (χ3n) is 2.63. The molecule has 0 amide bonds. The van der Waals surface area contributed by atoms with Gasteiger partial charge in [-0.1, -0.05) is 0 Å². The Morgan fingerprint density at radius 3 is 2.20 bits per heavy atom. The zero-order valence-corrected chi connectivity index (χ0v) is 12.9. The molecule has 2 aromatic rings. The predicted molar refractivity (Wildman–Crippen MR) is 80.9 cm³/mol. The molecule has 0 fully saturated rings. The van der Waals surface area contributed by atoms with Gasteiger partial charge in [-0.15, -0.1) is 0 Å². The third kappa shape index (κ3) is 3.29. The summed E-state index contributed by atoms with van der Waals surface area (Å²) in [7, 11) is -1.94. The minimum absolute atomic E-state index is 0.136. The Kier molecular flexibility index (Phi) is 4.29. The van der Waals surface area contributed by atoms with E-state index in [-0.39, 0.29) is 15.1 Å². The lowest BCUT2D eigenvalue weighted by molar-refractivity contribution is 0.601. The lowest BCUT2D eigenvalue weighted by Crippen LogP contribution is -2.13. The minimum atomic E-state index is -3.69. The van der Waals surface area contributed by atoms with Crippen LogP contribution in [0.15, 0.2) is 51.8 Å². The Bertz CT molecular complexity index is 718. The third-order valence-corrected chi connectivity index (χ3v) is 4.63. The maximum atomic E-state index is 13.1. The van der Waals surface area contributed by atoms with Crippen molar-refractivity contribution < 1.29 is 12.8 Å². The van der Waals surface area contributed by atoms with Gasteiger partial charge in [0.2, 0.25) is 0 Å². The predicted octanol–water partition coefficient (Wildman–Crippen LogP) is 3.43. The number of hydrogen-bond donors (Lipinski definition) is 2. The van der Waals surface area contributed by atoms with E-state index in [0.717, 1.165) is 5.69 Å². The molecule has 0 atom stereocenters. The second-order valence-electron chi connectivity index (χ2n) is 4.01. The van der Waals surface area contributed by atoms with E-state index < -0.39 is 15.8 Å². The second kappa shape index (κ2) is 5.80. The first-order chi connectivity index (χ1) is 9.42. The largest absolute Gasteiger partial charge is 0.388 e. The van der Waals surface area contributed by atoms with Crippen molar-refractivity contribution in [3.63, 3.8) is 0 Å². The van der Waals surface area contributed by atoms with Gasteiger partial charge >= 0.3 is 0 Å². The number of halogens is 2. The van der Waals surface area contributed by atoms with Crippen molar-refractivity contribution in [2.75, 3.05) is 17.1 Å². The van der Waals surface area contributed by atoms with Crippen LogP contribution in [0.3, 0.4) is 0 Å². The molecule has 0 saturated heterocycles. The monoisotopic (exact) mass is 358 g/mol. The van der Waals surface area contributed by atoms with Gasteiger partial charge in [-0.05, 0) is 58.4 Å². The highest BCUT2D eigenvalue weighted by atomic mass is 79.9. The molecule has 0 aliphatic heterocycles. The molecule has 0 aromatic heterocycles. The summed E-state index contributed by atoms with van der Waals surface area (Å²) >= 11 is 3.01. The van der Waals surface area contributed by atoms with E-state index in [2.05, 4.69) is 26.0 Å². The minimum Gasteiger partial charge on any atom is -0.388 e. The highest BCUT2D eigenvalue weighted by Crippen LogP contribution is 2.23. The molecule has 0 aliphatic carbocycles. The zero-order valence-electron chi connectivity index (χ0n) is 10.5. The quantitative estimate of drug-likeness (QED) is 0.880. The molecule has 2 aromatic carbocycles. The van der Waals surface area contributed by atoms with Gasteiger partial charge in [0, 0.05) is 12.7 Å². The van der Waals surface area contributed by atoms with Crippen molar-refractivity contribution in [2.24, 2.45) is 0 Å². The molecule has 0 aliphatic rings. The van der Waals surface area contributed by atoms with Crippen LogP contribution in [0.1, 0.15) is 0 Å². The van der Waals surface area contributed by atoms with E-state index in [1.165, 1.54) is 30.3 Å². The van der Waals surface area contributed by atoms with Gasteiger partial charge < -0.3 is 5.32 Å². The molecule has 7 heteroatoms. The fraction of sp³-hybridized carbons (Fsp3) is 0.0769. The summed E-state index contributed by atoms with van der Waals surface area (Å²) in [6.45, 7) is 0. The Hall–Kier alpha value is -1.60. The highest BCUT2D eigenvalue weighted by molar-refractivity contribution is 9.10. The summed E-state index contributed by atoms with van der Waals surface area (Å²) in [6, 6.07) is 10.2. The van der Waals surface area contributed by atoms with Crippen LogP contribution in [0.4, 0.5) is 15.8 Å². The molecule has 0 bridgehead atoms. The molecule has 0 spiro atoms. The van der Waals surface area contributed by atoms with Gasteiger partial charge in [0.15, 0.2) is 0 Å². The fourth-order valence-electron chi connectivity index (χ4n) is 1.57. The van der Waals surface area contributed by atoms with E-state index in [9.17, 15) is 12.8 Å². The number of anilines is 2. The maximum absolute atomic E-state index is 13.1. The van der Waals surface area contributed by atoms with Gasteiger partial charge in [-0.25, -0.2) is 12.8 Å². The molecule has 0 unspecified atom stereocenters. The zero-order chi connectivity index (χ0) is 14.8. The van der Waals surface area contributed by atoms with Crippen LogP contribution in [0.2, 0.25) is 0 Å². The highest BCUT2D eigenvalue weighted by Gasteiger charge is 2.14. The summed E-state index contributed by atoms with van der Waals surface area (Å²) in [5, 5.41) is 2.91. The maximum Gasteiger partial charge on any atom is 0.261 e. The van der Waals surface area contributed by atoms with Crippen LogP contribution in [0.5, 0.6) is 0 Å². The molecule has 106 valence electrons. The number of nitrogens with one attached hydrogen (secondary N) is 2. The van der Waals surface area contributed by atoms with Crippen LogP contribution >= 0.6 is 15.9 Å². The fourth-order valence-corrected chi connectivity index (χ4v) is 3.00. The normalized spacial score (nSPS) is 11.2. The van der Waals surface area contributed by atoms with E-state index in [4.69, 9.17) is 0 Å². The van der Waals surface area contributed by atoms with E-state index in [0.29, 0.717) is 0 Å². The molecule has 2 N–H and O–H groups in total. The summed E-state index contributed by atoms with van der Waals surface area (Å²) in [6.07, 6.45) is 0. The molecule has 0 saturated carbocycles. The van der Waals surface area contributed by atoms with E-state index >= 15 is 0 Å². The first-order valence-electron chi connectivity index (χ1n) is 5.68. The van der Waals surface area contributed by atoms with Crippen LogP contribution < -0.4 is 10.0 Å². The summed E-state index contributed by atoms with van der Waals surface area (Å²) in [5.41, 5.74) is 1.10. The first-order valence-corrected chi connectivity index (χ1v) is 7.96. The second-order valence-corrected chi connectivity index (χ2v) is 6.55. The smallest absolute Gasteiger partial charge is 0.261 e. The number of rotatable bonds is 4. The number of sulfonamides is 1. The van der Waals surface area contributed by atoms with Gasteiger partial charge in [0.1, 0.15) is 5.82 Å². The molecule has 2 rings (SSSR count). The van der Waals surface area contributed by atoms with Crippen LogP contribution in [0, 0.1) is 5.82 Å². The van der Waals surface area contributed by atoms with Crippen LogP contribution in [-0.4, -0.2) is 15.5 Å². The van der Waals surface area contributed by atoms with Crippen LogP contribution in [0.25, 0.3) is 0 Å². The van der Waals surface area contributed by atoms with Crippen molar-refractivity contribution in [3.8, 4) is 0 Å². The average molecular weight is 359 g/mol. The van der Waals surface area contributed by atoms with Crippen LogP contribution in [-0.2, 0) is 10.0 Å². The molecular formula is C13H12BrFN2O2S. The topological polar surface area (TPSA) is 58.2 Å². The van der Waals surface area contributed by atoms with Gasteiger partial charge in [-0.3, -0.25) is 4.72 Å². The van der Waals surface area contributed by atoms with Gasteiger partial charge in [0.25, 0.3) is 10.0 Å². The summed E-state index contributed by atoms with van der Waals surface area (Å²) in [5.74, 6) is -0.452. The van der Waals surface area contributed by atoms with Gasteiger partial charge in [0.05, 0.1) is 15.1 Å². The lowest BCUT2D eigenvalue weighted by Gasteiger charge is -2.09. The SMILES string of the molecule is CNc1ccc(S(=O)(=O)Nc2ccc(F)c(Br)c2)cc1. The average Bonchev–Trinajstić information content (AvgIpc) is 2.43. The Morgan fingerprint density at radius 1 is 1.05 bits per heavy atom. The first kappa shape index (κ1) is 14.8. The number of benzene rings is 2. The van der Waals surface area contributed by atoms with Crippen molar-refractivity contribution in [2.45, 2.75) is 4.90 Å². The van der Waals surface area contributed by atoms with Gasteiger partial charge in [-0.2, -0.15) is 0 Å². The van der Waals surface area contributed by atoms with Crippen molar-refractivity contribution in [1.82, 2.24) is 0 Å². The molecule has 0 heterocycles. The molecule has 4 nitrogen and oxygen atoms in total. The standard InChI is InChI=1S/C13H12BrFN2O2S/c1-16-9-2-5-11(6-3-9)20(18,19)17-10-4-7-13(15)12(14)8-10/h2-8,16-17H,1H3. The van der Waals surface area contributed by atoms with Crippen molar-refractivity contribution in [3.05, 3.63) is 52.8 Å². The summed E-state index contributed by atoms with van der Waals surface area (Å²) in [4.78, 5) is 0.136. The molecule has 20 heavy (non-hydrogen) atoms. The molecule has 0 radical (unpaired) electrons. The Morgan fingerprint density at radius 2 is 1.65 bits per heavy atom. The summed E-state index contributed by atoms with van der Waals surface area (Å²) < 4.78 is 40.0. The van der Waals surface area contributed by atoms with Crippen molar-refractivity contribution >= 4 is 37.3 Å². The Balaban J connectivity index is 2.27. The van der Waals surface area contributed by atoms with E-state index in [1.807, 2.05) is 0 Å². The Labute approximate surface area is 125 Å². The van der Waals surface area contributed by atoms with E-state index in [1.54, 1.807) is 19.2 Å². The van der Waals surface area contributed by atoms with Crippen molar-refractivity contribution in [1.29, 1.82) is 0 Å².